The molecule has 7 heteroatoms. The quantitative estimate of drug-likeness (QED) is 0.435. The molecule has 0 saturated heterocycles. The van der Waals surface area contributed by atoms with Crippen LogP contribution in [0.4, 0.5) is 20.2 Å². The van der Waals surface area contributed by atoms with Gasteiger partial charge in [0.15, 0.2) is 5.78 Å². The van der Waals surface area contributed by atoms with Crippen LogP contribution >= 0.6 is 0 Å². The average molecular weight is 474 g/mol. The molecule has 2 saturated carbocycles. The Kier molecular flexibility index (Phi) is 5.16. The topological polar surface area (TPSA) is 71.1 Å². The first-order valence-corrected chi connectivity index (χ1v) is 12.1. The molecule has 0 radical (unpaired) electrons. The summed E-state index contributed by atoms with van der Waals surface area (Å²) in [5, 5.41) is 5.91. The maximum Gasteiger partial charge on any atom is 0.255 e. The van der Waals surface area contributed by atoms with E-state index in [1.54, 1.807) is 24.3 Å². The van der Waals surface area contributed by atoms with Crippen LogP contribution < -0.4 is 10.6 Å². The van der Waals surface area contributed by atoms with E-state index in [4.69, 9.17) is 0 Å². The van der Waals surface area contributed by atoms with Crippen LogP contribution in [-0.4, -0.2) is 16.7 Å². The number of Topliss-reactive ketones (excluding diaryl/α,β-unsaturated/α-hetero) is 1. The number of nitrogens with one attached hydrogen (secondary N) is 2. The summed E-state index contributed by atoms with van der Waals surface area (Å²) in [7, 11) is 0. The summed E-state index contributed by atoms with van der Waals surface area (Å²) < 4.78 is 28.9. The van der Waals surface area contributed by atoms with Crippen molar-refractivity contribution in [2.24, 2.45) is 11.3 Å². The highest BCUT2D eigenvalue weighted by molar-refractivity contribution is 6.04. The zero-order valence-corrected chi connectivity index (χ0v) is 19.2. The Hall–Kier alpha value is -3.61. The highest BCUT2D eigenvalue weighted by Gasteiger charge is 2.45. The van der Waals surface area contributed by atoms with Crippen molar-refractivity contribution >= 4 is 23.1 Å². The van der Waals surface area contributed by atoms with E-state index in [1.165, 1.54) is 37.1 Å². The second kappa shape index (κ2) is 8.26. The molecule has 3 aromatic rings. The molecule has 0 atom stereocenters. The lowest BCUT2D eigenvalue weighted by Gasteiger charge is -2.27. The number of fused-ring (bicyclic) bond motifs is 1. The van der Waals surface area contributed by atoms with E-state index in [9.17, 15) is 18.4 Å². The molecule has 5 nitrogen and oxygen atoms in total. The number of carbonyl (C=O) groups excluding carboxylic acids is 2. The van der Waals surface area contributed by atoms with Crippen molar-refractivity contribution in [1.82, 2.24) is 10.3 Å². The van der Waals surface area contributed by atoms with Gasteiger partial charge in [-0.2, -0.15) is 0 Å². The van der Waals surface area contributed by atoms with Gasteiger partial charge in [0.1, 0.15) is 11.6 Å². The van der Waals surface area contributed by atoms with Crippen LogP contribution in [0.5, 0.6) is 0 Å². The number of anilines is 2. The number of halogens is 2. The fraction of sp³-hybridized carbons (Fsp3) is 0.321. The molecule has 3 aliphatic rings. The van der Waals surface area contributed by atoms with Crippen molar-refractivity contribution in [3.8, 4) is 11.3 Å². The van der Waals surface area contributed by atoms with E-state index in [0.29, 0.717) is 33.6 Å². The number of amides is 1. The van der Waals surface area contributed by atoms with Gasteiger partial charge in [-0.3, -0.25) is 9.59 Å². The maximum absolute atomic E-state index is 14.4. The Morgan fingerprint density at radius 3 is 2.31 bits per heavy atom. The predicted octanol–water partition coefficient (Wildman–Crippen LogP) is 6.17. The number of nitrogens with zero attached hydrogens (tertiary/aromatic N) is 1. The molecular formula is C28H25F2N3O2. The number of benzene rings is 2. The van der Waals surface area contributed by atoms with Crippen molar-refractivity contribution in [2.45, 2.75) is 45.1 Å². The summed E-state index contributed by atoms with van der Waals surface area (Å²) >= 11 is 0. The summed E-state index contributed by atoms with van der Waals surface area (Å²) in [6.45, 7) is 0.183. The summed E-state index contributed by atoms with van der Waals surface area (Å²) in [6, 6.07) is 12.3. The molecule has 2 heterocycles. The van der Waals surface area contributed by atoms with Gasteiger partial charge in [-0.1, -0.05) is 6.07 Å². The SMILES string of the molecule is O=C1NCc2nc(-c3c(F)cccc3F)cc(Nc3ccc(C(=O)C4CCC5(CC4)CC5)cc3)c21. The molecule has 0 unspecified atom stereocenters. The highest BCUT2D eigenvalue weighted by atomic mass is 19.1. The van der Waals surface area contributed by atoms with Gasteiger partial charge in [-0.05, 0) is 86.4 Å². The molecule has 35 heavy (non-hydrogen) atoms. The van der Waals surface area contributed by atoms with E-state index < -0.39 is 11.6 Å². The van der Waals surface area contributed by atoms with Crippen LogP contribution in [0.3, 0.4) is 0 Å². The Labute approximate surface area is 202 Å². The van der Waals surface area contributed by atoms with Crippen molar-refractivity contribution in [1.29, 1.82) is 0 Å². The minimum atomic E-state index is -0.723. The molecule has 1 amide bonds. The predicted molar refractivity (Wildman–Crippen MR) is 128 cm³/mol. The first-order valence-electron chi connectivity index (χ1n) is 12.1. The van der Waals surface area contributed by atoms with E-state index in [-0.39, 0.29) is 35.4 Å². The number of hydrogen-bond donors (Lipinski definition) is 2. The number of carbonyl (C=O) groups is 2. The number of pyridine rings is 1. The molecule has 2 fully saturated rings. The van der Waals surface area contributed by atoms with Crippen LogP contribution in [0.15, 0.2) is 48.5 Å². The summed E-state index contributed by atoms with van der Waals surface area (Å²) in [4.78, 5) is 29.8. The van der Waals surface area contributed by atoms with Gasteiger partial charge < -0.3 is 10.6 Å². The third kappa shape index (κ3) is 3.99. The second-order valence-electron chi connectivity index (χ2n) is 10.00. The molecule has 1 aromatic heterocycles. The first kappa shape index (κ1) is 21.9. The van der Waals surface area contributed by atoms with Gasteiger partial charge in [0.25, 0.3) is 5.91 Å². The summed E-state index contributed by atoms with van der Waals surface area (Å²) in [5.74, 6) is -1.47. The standard InChI is InChI=1S/C28H25F2N3O2/c29-19-2-1-3-20(30)24(19)21-14-22(25-23(33-21)15-31-27(25)35)32-18-6-4-16(5-7-18)26(34)17-8-10-28(11-9-17)12-13-28/h1-7,14,17H,8-13,15H2,(H,31,35)(H,32,33). The number of hydrogen-bond acceptors (Lipinski definition) is 4. The second-order valence-corrected chi connectivity index (χ2v) is 10.00. The minimum absolute atomic E-state index is 0.0884. The van der Waals surface area contributed by atoms with Gasteiger partial charge in [0.05, 0.1) is 34.7 Å². The fourth-order valence-corrected chi connectivity index (χ4v) is 5.48. The number of ketones is 1. The van der Waals surface area contributed by atoms with Crippen LogP contribution in [0, 0.1) is 23.0 Å². The third-order valence-electron chi connectivity index (χ3n) is 7.78. The Balaban J connectivity index is 1.26. The summed E-state index contributed by atoms with van der Waals surface area (Å²) in [5.41, 5.74) is 2.94. The van der Waals surface area contributed by atoms with Crippen LogP contribution in [0.25, 0.3) is 11.3 Å². The van der Waals surface area contributed by atoms with E-state index in [2.05, 4.69) is 15.6 Å². The van der Waals surface area contributed by atoms with E-state index >= 15 is 0 Å². The largest absolute Gasteiger partial charge is 0.355 e. The van der Waals surface area contributed by atoms with Gasteiger partial charge >= 0.3 is 0 Å². The van der Waals surface area contributed by atoms with Gasteiger partial charge in [-0.25, -0.2) is 13.8 Å². The number of aromatic nitrogens is 1. The van der Waals surface area contributed by atoms with E-state index in [1.807, 2.05) is 0 Å². The van der Waals surface area contributed by atoms with Crippen LogP contribution in [-0.2, 0) is 6.54 Å². The molecule has 2 N–H and O–H groups in total. The monoisotopic (exact) mass is 473 g/mol. The van der Waals surface area contributed by atoms with Crippen molar-refractivity contribution < 1.29 is 18.4 Å². The minimum Gasteiger partial charge on any atom is -0.355 e. The first-order chi connectivity index (χ1) is 16.9. The van der Waals surface area contributed by atoms with Crippen LogP contribution in [0.2, 0.25) is 0 Å². The highest BCUT2D eigenvalue weighted by Crippen LogP contribution is 2.57. The normalized spacial score (nSPS) is 18.3. The zero-order valence-electron chi connectivity index (χ0n) is 19.2. The Morgan fingerprint density at radius 1 is 0.971 bits per heavy atom. The lowest BCUT2D eigenvalue weighted by molar-refractivity contribution is 0.0865. The van der Waals surface area contributed by atoms with Crippen molar-refractivity contribution in [2.75, 3.05) is 5.32 Å². The lowest BCUT2D eigenvalue weighted by Crippen LogP contribution is -2.22. The molecule has 2 aliphatic carbocycles. The molecule has 178 valence electrons. The third-order valence-corrected chi connectivity index (χ3v) is 7.78. The molecule has 1 aliphatic heterocycles. The van der Waals surface area contributed by atoms with Crippen LogP contribution in [0.1, 0.15) is 64.9 Å². The van der Waals surface area contributed by atoms with Gasteiger partial charge in [0.2, 0.25) is 0 Å². The average Bonchev–Trinajstić information content (AvgIpc) is 3.50. The van der Waals surface area contributed by atoms with Crippen molar-refractivity contribution in [3.05, 3.63) is 77.0 Å². The molecule has 6 rings (SSSR count). The molecule has 2 aromatic carbocycles. The zero-order chi connectivity index (χ0) is 24.2. The maximum atomic E-state index is 14.4. The van der Waals surface area contributed by atoms with Crippen molar-refractivity contribution in [3.63, 3.8) is 0 Å². The van der Waals surface area contributed by atoms with Gasteiger partial charge in [-0.15, -0.1) is 0 Å². The molecular weight excluding hydrogens is 448 g/mol. The fourth-order valence-electron chi connectivity index (χ4n) is 5.48. The Bertz CT molecular complexity index is 1320. The lowest BCUT2D eigenvalue weighted by atomic mass is 9.77. The van der Waals surface area contributed by atoms with E-state index in [0.717, 1.165) is 25.7 Å². The smallest absolute Gasteiger partial charge is 0.255 e. The number of rotatable bonds is 5. The van der Waals surface area contributed by atoms with Gasteiger partial charge in [0, 0.05) is 17.2 Å². The summed E-state index contributed by atoms with van der Waals surface area (Å²) in [6.07, 6.45) is 6.87. The molecule has 0 bridgehead atoms. The Morgan fingerprint density at radius 2 is 1.66 bits per heavy atom. The molecule has 1 spiro atoms.